The molecule has 3 rings (SSSR count). The van der Waals surface area contributed by atoms with E-state index in [2.05, 4.69) is 12.3 Å². The predicted molar refractivity (Wildman–Crippen MR) is 80.3 cm³/mol. The zero-order valence-electron chi connectivity index (χ0n) is 11.4. The molecule has 1 aliphatic heterocycles. The SMILES string of the molecule is COc1ccccc1-n1ccc([C@@H]2SCC(=O)N2C)c1. The summed E-state index contributed by atoms with van der Waals surface area (Å²) in [6.45, 7) is 0. The number of aromatic nitrogens is 1. The number of hydrogen-bond donors (Lipinski definition) is 0. The van der Waals surface area contributed by atoms with Gasteiger partial charge in [0, 0.05) is 25.0 Å². The van der Waals surface area contributed by atoms with Gasteiger partial charge in [-0.15, -0.1) is 11.8 Å². The minimum absolute atomic E-state index is 0.110. The van der Waals surface area contributed by atoms with Crippen LogP contribution in [0.25, 0.3) is 5.69 Å². The Bertz CT molecular complexity index is 638. The van der Waals surface area contributed by atoms with Crippen molar-refractivity contribution in [1.29, 1.82) is 0 Å². The van der Waals surface area contributed by atoms with Crippen molar-refractivity contribution in [2.45, 2.75) is 5.37 Å². The van der Waals surface area contributed by atoms with Crippen LogP contribution < -0.4 is 4.74 Å². The summed E-state index contributed by atoms with van der Waals surface area (Å²) < 4.78 is 7.42. The van der Waals surface area contributed by atoms with Gasteiger partial charge in [-0.1, -0.05) is 12.1 Å². The second-order valence-electron chi connectivity index (χ2n) is 4.69. The molecular formula is C15H16N2O2S. The summed E-state index contributed by atoms with van der Waals surface area (Å²) >= 11 is 1.66. The number of para-hydroxylation sites is 2. The molecule has 5 heteroatoms. The van der Waals surface area contributed by atoms with E-state index < -0.39 is 0 Å². The summed E-state index contributed by atoms with van der Waals surface area (Å²) in [5.74, 6) is 1.57. The van der Waals surface area contributed by atoms with E-state index in [1.807, 2.05) is 42.1 Å². The third-order valence-corrected chi connectivity index (χ3v) is 4.79. The van der Waals surface area contributed by atoms with Gasteiger partial charge in [0.25, 0.3) is 0 Å². The molecule has 1 fully saturated rings. The van der Waals surface area contributed by atoms with E-state index in [0.29, 0.717) is 5.75 Å². The molecule has 0 unspecified atom stereocenters. The van der Waals surface area contributed by atoms with Crippen LogP contribution in [0.2, 0.25) is 0 Å². The molecule has 1 aromatic heterocycles. The standard InChI is InChI=1S/C15H16N2O2S/c1-16-14(18)10-20-15(16)11-7-8-17(9-11)12-5-3-4-6-13(12)19-2/h3-9,15H,10H2,1-2H3/t15-/m0/s1. The van der Waals surface area contributed by atoms with Crippen LogP contribution in [0.3, 0.4) is 0 Å². The highest BCUT2D eigenvalue weighted by Crippen LogP contribution is 2.38. The van der Waals surface area contributed by atoms with Gasteiger partial charge < -0.3 is 14.2 Å². The molecule has 0 spiro atoms. The summed E-state index contributed by atoms with van der Waals surface area (Å²) in [5.41, 5.74) is 2.13. The zero-order chi connectivity index (χ0) is 14.1. The molecule has 2 aromatic rings. The van der Waals surface area contributed by atoms with Gasteiger partial charge in [-0.3, -0.25) is 4.79 Å². The monoisotopic (exact) mass is 288 g/mol. The molecule has 0 bridgehead atoms. The van der Waals surface area contributed by atoms with Gasteiger partial charge in [-0.05, 0) is 18.2 Å². The average molecular weight is 288 g/mol. The Morgan fingerprint density at radius 1 is 1.30 bits per heavy atom. The molecule has 1 aliphatic rings. The lowest BCUT2D eigenvalue weighted by Gasteiger charge is -2.17. The number of ether oxygens (including phenoxy) is 1. The first kappa shape index (κ1) is 13.1. The Hall–Kier alpha value is -1.88. The fraction of sp³-hybridized carbons (Fsp3) is 0.267. The Labute approximate surface area is 122 Å². The lowest BCUT2D eigenvalue weighted by atomic mass is 10.3. The summed E-state index contributed by atoms with van der Waals surface area (Å²) in [6.07, 6.45) is 4.06. The molecule has 4 nitrogen and oxygen atoms in total. The fourth-order valence-corrected chi connectivity index (χ4v) is 3.54. The van der Waals surface area contributed by atoms with Crippen molar-refractivity contribution < 1.29 is 9.53 Å². The first-order valence-corrected chi connectivity index (χ1v) is 7.44. The van der Waals surface area contributed by atoms with Crippen molar-refractivity contribution in [3.8, 4) is 11.4 Å². The molecule has 0 radical (unpaired) electrons. The highest BCUT2D eigenvalue weighted by atomic mass is 32.2. The number of amides is 1. The highest BCUT2D eigenvalue weighted by Gasteiger charge is 2.30. The summed E-state index contributed by atoms with van der Waals surface area (Å²) in [6, 6.07) is 9.94. The van der Waals surface area contributed by atoms with Gasteiger partial charge >= 0.3 is 0 Å². The third kappa shape index (κ3) is 2.18. The number of carbonyl (C=O) groups excluding carboxylic acids is 1. The van der Waals surface area contributed by atoms with Crippen LogP contribution in [-0.2, 0) is 4.79 Å². The number of benzene rings is 1. The number of nitrogens with zero attached hydrogens (tertiary/aromatic N) is 2. The molecule has 104 valence electrons. The molecular weight excluding hydrogens is 272 g/mol. The highest BCUT2D eigenvalue weighted by molar-refractivity contribution is 8.00. The van der Waals surface area contributed by atoms with Crippen molar-refractivity contribution in [1.82, 2.24) is 9.47 Å². The van der Waals surface area contributed by atoms with Gasteiger partial charge in [-0.25, -0.2) is 0 Å². The molecule has 0 saturated carbocycles. The van der Waals surface area contributed by atoms with Crippen molar-refractivity contribution in [3.05, 3.63) is 48.3 Å². The normalized spacial score (nSPS) is 18.6. The summed E-state index contributed by atoms with van der Waals surface area (Å²) in [7, 11) is 3.52. The van der Waals surface area contributed by atoms with Crippen molar-refractivity contribution >= 4 is 17.7 Å². The maximum Gasteiger partial charge on any atom is 0.233 e. The predicted octanol–water partition coefficient (Wildman–Crippen LogP) is 2.69. The molecule has 1 aromatic carbocycles. The number of hydrogen-bond acceptors (Lipinski definition) is 3. The number of thioether (sulfide) groups is 1. The van der Waals surface area contributed by atoms with Crippen molar-refractivity contribution in [2.75, 3.05) is 19.9 Å². The largest absolute Gasteiger partial charge is 0.495 e. The first-order valence-electron chi connectivity index (χ1n) is 6.39. The number of rotatable bonds is 3. The second-order valence-corrected chi connectivity index (χ2v) is 5.76. The Morgan fingerprint density at radius 3 is 2.80 bits per heavy atom. The van der Waals surface area contributed by atoms with Crippen LogP contribution in [-0.4, -0.2) is 35.3 Å². The van der Waals surface area contributed by atoms with Gasteiger partial charge in [0.2, 0.25) is 5.91 Å². The van der Waals surface area contributed by atoms with Crippen LogP contribution in [0.1, 0.15) is 10.9 Å². The van der Waals surface area contributed by atoms with E-state index >= 15 is 0 Å². The van der Waals surface area contributed by atoms with Crippen LogP contribution in [0, 0.1) is 0 Å². The summed E-state index contributed by atoms with van der Waals surface area (Å²) in [5, 5.41) is 0.110. The lowest BCUT2D eigenvalue weighted by molar-refractivity contribution is -0.126. The fourth-order valence-electron chi connectivity index (χ4n) is 2.37. The molecule has 0 N–H and O–H groups in total. The average Bonchev–Trinajstić information content (AvgIpc) is 3.07. The maximum atomic E-state index is 11.6. The second kappa shape index (κ2) is 5.25. The van der Waals surface area contributed by atoms with Gasteiger partial charge in [0.15, 0.2) is 0 Å². The maximum absolute atomic E-state index is 11.6. The van der Waals surface area contributed by atoms with Crippen LogP contribution >= 0.6 is 11.8 Å². The zero-order valence-corrected chi connectivity index (χ0v) is 12.3. The molecule has 20 heavy (non-hydrogen) atoms. The van der Waals surface area contributed by atoms with E-state index in [1.54, 1.807) is 23.8 Å². The van der Waals surface area contributed by atoms with E-state index in [4.69, 9.17) is 4.74 Å². The molecule has 0 aliphatic carbocycles. The van der Waals surface area contributed by atoms with Crippen LogP contribution in [0.5, 0.6) is 5.75 Å². The van der Waals surface area contributed by atoms with Crippen molar-refractivity contribution in [2.24, 2.45) is 0 Å². The van der Waals surface area contributed by atoms with Crippen LogP contribution in [0.15, 0.2) is 42.7 Å². The lowest BCUT2D eigenvalue weighted by Crippen LogP contribution is -2.22. The quantitative estimate of drug-likeness (QED) is 0.871. The van der Waals surface area contributed by atoms with Gasteiger partial charge in [-0.2, -0.15) is 0 Å². The summed E-state index contributed by atoms with van der Waals surface area (Å²) in [4.78, 5) is 13.4. The van der Waals surface area contributed by atoms with Gasteiger partial charge in [0.05, 0.1) is 18.6 Å². The Balaban J connectivity index is 1.92. The van der Waals surface area contributed by atoms with Crippen LogP contribution in [0.4, 0.5) is 0 Å². The van der Waals surface area contributed by atoms with E-state index in [-0.39, 0.29) is 11.3 Å². The minimum atomic E-state index is 0.110. The third-order valence-electron chi connectivity index (χ3n) is 3.47. The minimum Gasteiger partial charge on any atom is -0.495 e. The van der Waals surface area contributed by atoms with E-state index in [1.165, 1.54) is 0 Å². The smallest absolute Gasteiger partial charge is 0.233 e. The number of carbonyl (C=O) groups is 1. The molecule has 2 heterocycles. The number of methoxy groups -OCH3 is 1. The van der Waals surface area contributed by atoms with E-state index in [9.17, 15) is 4.79 Å². The topological polar surface area (TPSA) is 34.5 Å². The molecule has 1 amide bonds. The van der Waals surface area contributed by atoms with Crippen molar-refractivity contribution in [3.63, 3.8) is 0 Å². The Kier molecular flexibility index (Phi) is 3.44. The van der Waals surface area contributed by atoms with E-state index in [0.717, 1.165) is 17.0 Å². The first-order chi connectivity index (χ1) is 9.70. The van der Waals surface area contributed by atoms with Gasteiger partial charge in [0.1, 0.15) is 11.1 Å². The molecule has 1 saturated heterocycles. The molecule has 1 atom stereocenters. The Morgan fingerprint density at radius 2 is 2.10 bits per heavy atom.